The molecule has 1 N–H and O–H groups in total. The minimum absolute atomic E-state index is 0.0417. The number of hydrogen-bond donors (Lipinski definition) is 1. The van der Waals surface area contributed by atoms with Crippen LogP contribution in [0.15, 0.2) is 41.9 Å². The number of aliphatic hydroxyl groups excluding tert-OH is 1. The molecule has 5 heteroatoms. The number of likely N-dealkylation sites (tertiary alicyclic amines) is 1. The highest BCUT2D eigenvalue weighted by Crippen LogP contribution is 2.22. The van der Waals surface area contributed by atoms with Gasteiger partial charge in [0.25, 0.3) is 0 Å². The number of thiophene rings is 1. The number of hydrogen-bond acceptors (Lipinski definition) is 4. The van der Waals surface area contributed by atoms with Crippen LogP contribution in [0.3, 0.4) is 0 Å². The van der Waals surface area contributed by atoms with E-state index in [1.807, 2.05) is 46.8 Å². The fraction of sp³-hybridized carbons (Fsp3) is 0.400. The van der Waals surface area contributed by atoms with Gasteiger partial charge in [-0.1, -0.05) is 6.07 Å². The molecular weight excluding hydrogens is 332 g/mol. The van der Waals surface area contributed by atoms with Gasteiger partial charge in [0.1, 0.15) is 0 Å². The normalized spacial score (nSPS) is 18.0. The lowest BCUT2D eigenvalue weighted by atomic mass is 9.97. The van der Waals surface area contributed by atoms with Crippen LogP contribution < -0.4 is 0 Å². The van der Waals surface area contributed by atoms with Gasteiger partial charge in [-0.2, -0.15) is 0 Å². The monoisotopic (exact) mass is 356 g/mol. The summed E-state index contributed by atoms with van der Waals surface area (Å²) in [6, 6.07) is 8.20. The average Bonchev–Trinajstić information content (AvgIpc) is 3.14. The van der Waals surface area contributed by atoms with E-state index in [4.69, 9.17) is 5.11 Å². The third kappa shape index (κ3) is 5.00. The fourth-order valence-corrected chi connectivity index (χ4v) is 4.06. The lowest BCUT2D eigenvalue weighted by molar-refractivity contribution is -0.129. The topological polar surface area (TPSA) is 53.4 Å². The highest BCUT2D eigenvalue weighted by molar-refractivity contribution is 7.11. The van der Waals surface area contributed by atoms with Crippen LogP contribution in [0.25, 0.3) is 6.08 Å². The molecule has 4 nitrogen and oxygen atoms in total. The summed E-state index contributed by atoms with van der Waals surface area (Å²) in [6.45, 7) is 0.877. The Bertz CT molecular complexity index is 711. The largest absolute Gasteiger partial charge is 0.392 e. The summed E-state index contributed by atoms with van der Waals surface area (Å²) in [6.07, 6.45) is 10.6. The second-order valence-corrected chi connectivity index (χ2v) is 7.33. The van der Waals surface area contributed by atoms with Crippen LogP contribution in [0.4, 0.5) is 0 Å². The average molecular weight is 356 g/mol. The molecule has 0 saturated carbocycles. The predicted molar refractivity (Wildman–Crippen MR) is 101 cm³/mol. The molecule has 1 atom stereocenters. The summed E-state index contributed by atoms with van der Waals surface area (Å²) in [4.78, 5) is 20.0. The molecule has 1 unspecified atom stereocenters. The van der Waals surface area contributed by atoms with Gasteiger partial charge in [0.15, 0.2) is 0 Å². The van der Waals surface area contributed by atoms with Crippen molar-refractivity contribution in [1.29, 1.82) is 0 Å². The lowest BCUT2D eigenvalue weighted by Gasteiger charge is -2.35. The molecule has 1 amide bonds. The Kier molecular flexibility index (Phi) is 6.36. The second-order valence-electron chi connectivity index (χ2n) is 6.39. The molecule has 3 heterocycles. The van der Waals surface area contributed by atoms with Gasteiger partial charge in [-0.15, -0.1) is 11.3 Å². The number of carbonyl (C=O) groups is 1. The van der Waals surface area contributed by atoms with Gasteiger partial charge >= 0.3 is 0 Å². The van der Waals surface area contributed by atoms with Crippen molar-refractivity contribution in [2.24, 2.45) is 0 Å². The second kappa shape index (κ2) is 8.92. The van der Waals surface area contributed by atoms with Crippen LogP contribution in [0, 0.1) is 0 Å². The summed E-state index contributed by atoms with van der Waals surface area (Å²) in [5.41, 5.74) is 1.98. The summed E-state index contributed by atoms with van der Waals surface area (Å²) < 4.78 is 0. The van der Waals surface area contributed by atoms with E-state index in [9.17, 15) is 4.79 Å². The Balaban J connectivity index is 1.60. The first-order valence-corrected chi connectivity index (χ1v) is 9.71. The van der Waals surface area contributed by atoms with Crippen molar-refractivity contribution in [3.63, 3.8) is 0 Å². The molecule has 0 bridgehead atoms. The van der Waals surface area contributed by atoms with E-state index < -0.39 is 0 Å². The molecular formula is C20H24N2O2S. The maximum atomic E-state index is 12.6. The van der Waals surface area contributed by atoms with Crippen molar-refractivity contribution in [1.82, 2.24) is 9.88 Å². The smallest absolute Gasteiger partial charge is 0.246 e. The van der Waals surface area contributed by atoms with Crippen LogP contribution in [-0.2, 0) is 17.8 Å². The molecule has 0 radical (unpaired) electrons. The Morgan fingerprint density at radius 2 is 2.32 bits per heavy atom. The van der Waals surface area contributed by atoms with E-state index in [1.165, 1.54) is 6.42 Å². The summed E-state index contributed by atoms with van der Waals surface area (Å²) >= 11 is 1.55. The van der Waals surface area contributed by atoms with E-state index in [-0.39, 0.29) is 12.5 Å². The lowest BCUT2D eigenvalue weighted by Crippen LogP contribution is -2.43. The number of pyridine rings is 1. The molecule has 1 saturated heterocycles. The van der Waals surface area contributed by atoms with Crippen LogP contribution in [0.2, 0.25) is 0 Å². The first-order valence-electron chi connectivity index (χ1n) is 8.83. The SMILES string of the molecule is O=C(/C=C/c1cc(CO)cs1)N1CCCCC1CCc1ccccn1. The standard InChI is InChI=1S/C20H24N2O2S/c23-14-16-13-19(25-15-16)9-10-20(24)22-12-4-2-6-18(22)8-7-17-5-1-3-11-21-17/h1,3,5,9-11,13,15,18,23H,2,4,6-8,12,14H2/b10-9+. The Labute approximate surface area is 152 Å². The summed E-state index contributed by atoms with van der Waals surface area (Å²) in [7, 11) is 0. The maximum absolute atomic E-state index is 12.6. The van der Waals surface area contributed by atoms with Crippen molar-refractivity contribution < 1.29 is 9.90 Å². The summed E-state index contributed by atoms with van der Waals surface area (Å²) in [5, 5.41) is 11.0. The number of rotatable bonds is 6. The summed E-state index contributed by atoms with van der Waals surface area (Å²) in [5.74, 6) is 0.0877. The van der Waals surface area contributed by atoms with Gasteiger partial charge in [0.2, 0.25) is 5.91 Å². The molecule has 1 fully saturated rings. The molecule has 3 rings (SSSR count). The van der Waals surface area contributed by atoms with E-state index in [2.05, 4.69) is 4.98 Å². The van der Waals surface area contributed by atoms with Crippen molar-refractivity contribution >= 4 is 23.3 Å². The maximum Gasteiger partial charge on any atom is 0.246 e. The molecule has 0 aliphatic carbocycles. The van der Waals surface area contributed by atoms with Crippen LogP contribution in [0.5, 0.6) is 0 Å². The molecule has 1 aliphatic rings. The molecule has 25 heavy (non-hydrogen) atoms. The fourth-order valence-electron chi connectivity index (χ4n) is 3.27. The van der Waals surface area contributed by atoms with Crippen molar-refractivity contribution in [3.8, 4) is 0 Å². The predicted octanol–water partition coefficient (Wildman–Crippen LogP) is 3.66. The molecule has 0 spiro atoms. The van der Waals surface area contributed by atoms with Gasteiger partial charge < -0.3 is 10.0 Å². The van der Waals surface area contributed by atoms with E-state index in [0.29, 0.717) is 6.04 Å². The van der Waals surface area contributed by atoms with Gasteiger partial charge in [-0.05, 0) is 67.3 Å². The Morgan fingerprint density at radius 3 is 3.08 bits per heavy atom. The number of nitrogens with zero attached hydrogens (tertiary/aromatic N) is 2. The van der Waals surface area contributed by atoms with E-state index >= 15 is 0 Å². The van der Waals surface area contributed by atoms with Gasteiger partial charge in [-0.25, -0.2) is 0 Å². The number of amides is 1. The number of aryl methyl sites for hydroxylation is 1. The van der Waals surface area contributed by atoms with Gasteiger partial charge in [-0.3, -0.25) is 9.78 Å². The third-order valence-electron chi connectivity index (χ3n) is 4.62. The quantitative estimate of drug-likeness (QED) is 0.804. The Morgan fingerprint density at radius 1 is 1.40 bits per heavy atom. The van der Waals surface area contributed by atoms with E-state index in [1.54, 1.807) is 17.4 Å². The first-order chi connectivity index (χ1) is 12.3. The minimum atomic E-state index is 0.0417. The van der Waals surface area contributed by atoms with Crippen LogP contribution >= 0.6 is 11.3 Å². The number of aliphatic hydroxyl groups is 1. The van der Waals surface area contributed by atoms with Crippen molar-refractivity contribution in [2.45, 2.75) is 44.8 Å². The van der Waals surface area contributed by atoms with Gasteiger partial charge in [0, 0.05) is 35.4 Å². The van der Waals surface area contributed by atoms with Crippen molar-refractivity contribution in [2.75, 3.05) is 6.54 Å². The highest BCUT2D eigenvalue weighted by Gasteiger charge is 2.25. The molecule has 132 valence electrons. The molecule has 2 aromatic rings. The molecule has 2 aromatic heterocycles. The molecule has 1 aliphatic heterocycles. The van der Waals surface area contributed by atoms with Crippen LogP contribution in [0.1, 0.15) is 41.8 Å². The third-order valence-corrected chi connectivity index (χ3v) is 5.56. The van der Waals surface area contributed by atoms with Crippen molar-refractivity contribution in [3.05, 3.63) is 58.1 Å². The first kappa shape index (κ1) is 17.8. The zero-order valence-corrected chi connectivity index (χ0v) is 15.1. The van der Waals surface area contributed by atoms with Crippen LogP contribution in [-0.4, -0.2) is 33.5 Å². The molecule has 0 aromatic carbocycles. The van der Waals surface area contributed by atoms with Gasteiger partial charge in [0.05, 0.1) is 6.61 Å². The number of aromatic nitrogens is 1. The Hall–Kier alpha value is -1.98. The minimum Gasteiger partial charge on any atom is -0.392 e. The zero-order valence-electron chi connectivity index (χ0n) is 14.3. The zero-order chi connectivity index (χ0) is 17.5. The van der Waals surface area contributed by atoms with E-state index in [0.717, 1.165) is 48.4 Å². The number of piperidine rings is 1. The highest BCUT2D eigenvalue weighted by atomic mass is 32.1. The number of carbonyl (C=O) groups excluding carboxylic acids is 1.